The smallest absolute Gasteiger partial charge is 0.255 e. The Balaban J connectivity index is 2.21. The van der Waals surface area contributed by atoms with E-state index in [-0.39, 0.29) is 5.91 Å². The molecule has 0 radical (unpaired) electrons. The number of hydrogen-bond donors (Lipinski definition) is 2. The second-order valence-corrected chi connectivity index (χ2v) is 4.47. The molecule has 2 aromatic rings. The number of pyridine rings is 1. The Kier molecular flexibility index (Phi) is 3.84. The molecule has 4 nitrogen and oxygen atoms in total. The van der Waals surface area contributed by atoms with Gasteiger partial charge < -0.3 is 11.1 Å². The van der Waals surface area contributed by atoms with Crippen LogP contribution in [0.25, 0.3) is 0 Å². The summed E-state index contributed by atoms with van der Waals surface area (Å²) in [6.45, 7) is 0. The minimum absolute atomic E-state index is 0.189. The maximum absolute atomic E-state index is 12.0. The first-order chi connectivity index (χ1) is 8.70. The van der Waals surface area contributed by atoms with Crippen LogP contribution in [-0.2, 0) is 0 Å². The molecule has 0 saturated heterocycles. The van der Waals surface area contributed by atoms with Crippen molar-refractivity contribution in [2.45, 2.75) is 4.90 Å². The number of rotatable bonds is 3. The molecule has 2 rings (SSSR count). The number of nitrogens with zero attached hydrogens (tertiary/aromatic N) is 1. The largest absolute Gasteiger partial charge is 0.384 e. The fourth-order valence-corrected chi connectivity index (χ4v) is 2.09. The molecule has 0 saturated carbocycles. The van der Waals surface area contributed by atoms with Crippen molar-refractivity contribution in [1.29, 1.82) is 0 Å². The number of amides is 1. The van der Waals surface area contributed by atoms with Gasteiger partial charge in [0.1, 0.15) is 5.82 Å². The molecule has 0 unspecified atom stereocenters. The molecule has 92 valence electrons. The predicted octanol–water partition coefficient (Wildman–Crippen LogP) is 2.64. The molecule has 0 spiro atoms. The van der Waals surface area contributed by atoms with Gasteiger partial charge in [0.25, 0.3) is 5.91 Å². The Morgan fingerprint density at radius 1 is 1.33 bits per heavy atom. The van der Waals surface area contributed by atoms with Gasteiger partial charge in [-0.05, 0) is 30.5 Å². The predicted molar refractivity (Wildman–Crippen MR) is 74.8 cm³/mol. The van der Waals surface area contributed by atoms with E-state index in [1.54, 1.807) is 23.9 Å². The first-order valence-corrected chi connectivity index (χ1v) is 6.59. The lowest BCUT2D eigenvalue weighted by molar-refractivity contribution is 0.102. The molecular weight excluding hydrogens is 246 g/mol. The maximum atomic E-state index is 12.0. The number of aromatic nitrogens is 1. The number of anilines is 2. The third-order valence-electron chi connectivity index (χ3n) is 2.40. The Morgan fingerprint density at radius 2 is 2.11 bits per heavy atom. The number of benzene rings is 1. The van der Waals surface area contributed by atoms with E-state index in [0.29, 0.717) is 11.4 Å². The van der Waals surface area contributed by atoms with Crippen LogP contribution in [-0.4, -0.2) is 17.1 Å². The monoisotopic (exact) mass is 259 g/mol. The molecule has 1 aromatic heterocycles. The highest BCUT2D eigenvalue weighted by atomic mass is 32.2. The highest BCUT2D eigenvalue weighted by Crippen LogP contribution is 2.25. The number of thioether (sulfide) groups is 1. The molecule has 1 aromatic carbocycles. The fraction of sp³-hybridized carbons (Fsp3) is 0.0769. The lowest BCUT2D eigenvalue weighted by Gasteiger charge is -2.09. The van der Waals surface area contributed by atoms with E-state index in [9.17, 15) is 4.79 Å². The van der Waals surface area contributed by atoms with E-state index in [0.717, 1.165) is 10.6 Å². The SMILES string of the molecule is CSc1ccccc1NC(=O)c1ccnc(N)c1. The summed E-state index contributed by atoms with van der Waals surface area (Å²) >= 11 is 1.58. The topological polar surface area (TPSA) is 68.0 Å². The van der Waals surface area contributed by atoms with E-state index in [2.05, 4.69) is 10.3 Å². The van der Waals surface area contributed by atoms with Gasteiger partial charge in [-0.15, -0.1) is 11.8 Å². The highest BCUT2D eigenvalue weighted by molar-refractivity contribution is 7.98. The quantitative estimate of drug-likeness (QED) is 0.831. The number of carbonyl (C=O) groups is 1. The second kappa shape index (κ2) is 5.55. The van der Waals surface area contributed by atoms with Crippen molar-refractivity contribution in [3.05, 3.63) is 48.2 Å². The Hall–Kier alpha value is -2.01. The number of nitrogens with two attached hydrogens (primary N) is 1. The average molecular weight is 259 g/mol. The molecule has 1 heterocycles. The zero-order chi connectivity index (χ0) is 13.0. The van der Waals surface area contributed by atoms with Crippen molar-refractivity contribution >= 4 is 29.2 Å². The van der Waals surface area contributed by atoms with Gasteiger partial charge >= 0.3 is 0 Å². The molecule has 3 N–H and O–H groups in total. The highest BCUT2D eigenvalue weighted by Gasteiger charge is 2.08. The average Bonchev–Trinajstić information content (AvgIpc) is 2.39. The van der Waals surface area contributed by atoms with E-state index >= 15 is 0 Å². The van der Waals surface area contributed by atoms with Gasteiger partial charge in [0.15, 0.2) is 0 Å². The van der Waals surface area contributed by atoms with Crippen LogP contribution in [0.3, 0.4) is 0 Å². The van der Waals surface area contributed by atoms with Crippen LogP contribution in [0.15, 0.2) is 47.5 Å². The summed E-state index contributed by atoms with van der Waals surface area (Å²) in [5, 5.41) is 2.86. The van der Waals surface area contributed by atoms with Crippen LogP contribution < -0.4 is 11.1 Å². The van der Waals surface area contributed by atoms with Gasteiger partial charge in [-0.2, -0.15) is 0 Å². The first-order valence-electron chi connectivity index (χ1n) is 5.36. The third-order valence-corrected chi connectivity index (χ3v) is 3.19. The van der Waals surface area contributed by atoms with Crippen LogP contribution in [0, 0.1) is 0 Å². The minimum atomic E-state index is -0.189. The zero-order valence-electron chi connectivity index (χ0n) is 9.88. The number of carbonyl (C=O) groups excluding carboxylic acids is 1. The summed E-state index contributed by atoms with van der Waals surface area (Å²) in [6, 6.07) is 10.8. The summed E-state index contributed by atoms with van der Waals surface area (Å²) < 4.78 is 0. The van der Waals surface area contributed by atoms with Crippen LogP contribution in [0.5, 0.6) is 0 Å². The molecular formula is C13H13N3OS. The second-order valence-electron chi connectivity index (χ2n) is 3.62. The number of para-hydroxylation sites is 1. The summed E-state index contributed by atoms with van der Waals surface area (Å²) in [7, 11) is 0. The van der Waals surface area contributed by atoms with Gasteiger partial charge in [-0.3, -0.25) is 4.79 Å². The number of nitrogens with one attached hydrogen (secondary N) is 1. The Labute approximate surface area is 110 Å². The number of hydrogen-bond acceptors (Lipinski definition) is 4. The summed E-state index contributed by atoms with van der Waals surface area (Å²) in [6.07, 6.45) is 3.49. The maximum Gasteiger partial charge on any atom is 0.255 e. The molecule has 0 fully saturated rings. The van der Waals surface area contributed by atoms with Gasteiger partial charge in [-0.1, -0.05) is 12.1 Å². The summed E-state index contributed by atoms with van der Waals surface area (Å²) in [5.74, 6) is 0.145. The lowest BCUT2D eigenvalue weighted by atomic mass is 10.2. The van der Waals surface area contributed by atoms with E-state index in [1.165, 1.54) is 6.20 Å². The molecule has 0 aliphatic rings. The third kappa shape index (κ3) is 2.81. The molecule has 1 amide bonds. The van der Waals surface area contributed by atoms with Crippen LogP contribution in [0.4, 0.5) is 11.5 Å². The van der Waals surface area contributed by atoms with Crippen molar-refractivity contribution in [3.63, 3.8) is 0 Å². The van der Waals surface area contributed by atoms with Gasteiger partial charge in [0, 0.05) is 16.7 Å². The van der Waals surface area contributed by atoms with Gasteiger partial charge in [0.2, 0.25) is 0 Å². The first kappa shape index (κ1) is 12.4. The molecule has 18 heavy (non-hydrogen) atoms. The normalized spacial score (nSPS) is 10.1. The van der Waals surface area contributed by atoms with Crippen molar-refractivity contribution in [2.24, 2.45) is 0 Å². The van der Waals surface area contributed by atoms with E-state index < -0.39 is 0 Å². The standard InChI is InChI=1S/C13H13N3OS/c1-18-11-5-3-2-4-10(11)16-13(17)9-6-7-15-12(14)8-9/h2-8H,1H3,(H2,14,15)(H,16,17). The fourth-order valence-electron chi connectivity index (χ4n) is 1.53. The summed E-state index contributed by atoms with van der Waals surface area (Å²) in [5.41, 5.74) is 6.85. The molecule has 0 bridgehead atoms. The summed E-state index contributed by atoms with van der Waals surface area (Å²) in [4.78, 5) is 16.9. The molecule has 0 aliphatic heterocycles. The molecule has 5 heteroatoms. The van der Waals surface area contributed by atoms with Gasteiger partial charge in [-0.25, -0.2) is 4.98 Å². The van der Waals surface area contributed by atoms with Crippen molar-refractivity contribution in [2.75, 3.05) is 17.3 Å². The Bertz CT molecular complexity index is 572. The minimum Gasteiger partial charge on any atom is -0.384 e. The zero-order valence-corrected chi connectivity index (χ0v) is 10.7. The number of nitrogen functional groups attached to an aromatic ring is 1. The van der Waals surface area contributed by atoms with E-state index in [1.807, 2.05) is 30.5 Å². The Morgan fingerprint density at radius 3 is 2.83 bits per heavy atom. The van der Waals surface area contributed by atoms with Crippen molar-refractivity contribution in [3.8, 4) is 0 Å². The molecule has 0 aliphatic carbocycles. The van der Waals surface area contributed by atoms with Gasteiger partial charge in [0.05, 0.1) is 5.69 Å². The lowest BCUT2D eigenvalue weighted by Crippen LogP contribution is -2.13. The van der Waals surface area contributed by atoms with Crippen LogP contribution in [0.2, 0.25) is 0 Å². The van der Waals surface area contributed by atoms with Crippen LogP contribution >= 0.6 is 11.8 Å². The van der Waals surface area contributed by atoms with E-state index in [4.69, 9.17) is 5.73 Å². The molecule has 0 atom stereocenters. The van der Waals surface area contributed by atoms with Crippen molar-refractivity contribution < 1.29 is 4.79 Å². The van der Waals surface area contributed by atoms with Crippen molar-refractivity contribution in [1.82, 2.24) is 4.98 Å². The van der Waals surface area contributed by atoms with Crippen LogP contribution in [0.1, 0.15) is 10.4 Å².